The van der Waals surface area contributed by atoms with Crippen molar-refractivity contribution >= 4 is 17.7 Å². The lowest BCUT2D eigenvalue weighted by Crippen LogP contribution is -2.34. The lowest BCUT2D eigenvalue weighted by molar-refractivity contribution is -0.119. The van der Waals surface area contributed by atoms with E-state index in [1.54, 1.807) is 11.8 Å². The summed E-state index contributed by atoms with van der Waals surface area (Å²) in [7, 11) is 0. The standard InChI is InChI=1S/C18H25NOS/c1-18(2)9-8-15(11-18)19-17(20)12-21-16-7-6-13-4-3-5-14(13)10-16/h6-7,10,15H,3-5,8-9,11-12H2,1-2H3,(H,19,20). The van der Waals surface area contributed by atoms with Crippen LogP contribution in [0.4, 0.5) is 0 Å². The lowest BCUT2D eigenvalue weighted by Gasteiger charge is -2.17. The van der Waals surface area contributed by atoms with E-state index in [1.165, 1.54) is 41.7 Å². The second-order valence-corrected chi connectivity index (χ2v) is 8.29. The van der Waals surface area contributed by atoms with Crippen LogP contribution in [0.1, 0.15) is 50.7 Å². The number of aryl methyl sites for hydroxylation is 2. The monoisotopic (exact) mass is 303 g/mol. The number of benzene rings is 1. The van der Waals surface area contributed by atoms with Crippen molar-refractivity contribution in [2.45, 2.75) is 63.3 Å². The molecule has 0 bridgehead atoms. The molecule has 1 aromatic carbocycles. The van der Waals surface area contributed by atoms with Crippen molar-refractivity contribution in [3.63, 3.8) is 0 Å². The van der Waals surface area contributed by atoms with Crippen molar-refractivity contribution < 1.29 is 4.79 Å². The van der Waals surface area contributed by atoms with Crippen molar-refractivity contribution in [3.8, 4) is 0 Å². The van der Waals surface area contributed by atoms with Crippen LogP contribution in [0.3, 0.4) is 0 Å². The van der Waals surface area contributed by atoms with Gasteiger partial charge >= 0.3 is 0 Å². The zero-order chi connectivity index (χ0) is 14.9. The zero-order valence-electron chi connectivity index (χ0n) is 13.1. The third kappa shape index (κ3) is 3.82. The van der Waals surface area contributed by atoms with E-state index >= 15 is 0 Å². The molecule has 1 amide bonds. The van der Waals surface area contributed by atoms with Crippen LogP contribution in [0, 0.1) is 5.41 Å². The van der Waals surface area contributed by atoms with Gasteiger partial charge in [0.05, 0.1) is 5.75 Å². The van der Waals surface area contributed by atoms with Gasteiger partial charge in [0, 0.05) is 10.9 Å². The molecule has 1 N–H and O–H groups in total. The number of nitrogens with one attached hydrogen (secondary N) is 1. The highest BCUT2D eigenvalue weighted by Gasteiger charge is 2.31. The number of fused-ring (bicyclic) bond motifs is 1. The van der Waals surface area contributed by atoms with Gasteiger partial charge in [-0.3, -0.25) is 4.79 Å². The summed E-state index contributed by atoms with van der Waals surface area (Å²) in [5.74, 6) is 0.721. The minimum atomic E-state index is 0.184. The van der Waals surface area contributed by atoms with Crippen LogP contribution in [0.5, 0.6) is 0 Å². The Bertz CT molecular complexity index is 538. The maximum atomic E-state index is 12.1. The summed E-state index contributed by atoms with van der Waals surface area (Å²) in [5.41, 5.74) is 3.38. The van der Waals surface area contributed by atoms with Gasteiger partial charge in [-0.1, -0.05) is 19.9 Å². The Morgan fingerprint density at radius 3 is 2.90 bits per heavy atom. The molecule has 2 nitrogen and oxygen atoms in total. The molecular weight excluding hydrogens is 278 g/mol. The summed E-state index contributed by atoms with van der Waals surface area (Å²) >= 11 is 1.67. The fraction of sp³-hybridized carbons (Fsp3) is 0.611. The number of carbonyl (C=O) groups excluding carboxylic acids is 1. The quantitative estimate of drug-likeness (QED) is 0.853. The molecule has 1 fully saturated rings. The van der Waals surface area contributed by atoms with Crippen LogP contribution >= 0.6 is 11.8 Å². The molecule has 0 radical (unpaired) electrons. The highest BCUT2D eigenvalue weighted by molar-refractivity contribution is 8.00. The Kier molecular flexibility index (Phi) is 4.30. The van der Waals surface area contributed by atoms with E-state index in [9.17, 15) is 4.79 Å². The largest absolute Gasteiger partial charge is 0.353 e. The average molecular weight is 303 g/mol. The fourth-order valence-electron chi connectivity index (χ4n) is 3.62. The average Bonchev–Trinajstić information content (AvgIpc) is 3.02. The molecule has 3 rings (SSSR count). The first-order valence-electron chi connectivity index (χ1n) is 8.06. The maximum Gasteiger partial charge on any atom is 0.230 e. The molecule has 0 saturated heterocycles. The van der Waals surface area contributed by atoms with Gasteiger partial charge in [0.1, 0.15) is 0 Å². The molecule has 1 atom stereocenters. The number of rotatable bonds is 4. The van der Waals surface area contributed by atoms with Crippen LogP contribution in [0.2, 0.25) is 0 Å². The smallest absolute Gasteiger partial charge is 0.230 e. The van der Waals surface area contributed by atoms with Crippen molar-refractivity contribution in [2.75, 3.05) is 5.75 Å². The minimum absolute atomic E-state index is 0.184. The van der Waals surface area contributed by atoms with Crippen molar-refractivity contribution in [1.82, 2.24) is 5.32 Å². The van der Waals surface area contributed by atoms with Crippen LogP contribution in [0.15, 0.2) is 23.1 Å². The number of thioether (sulfide) groups is 1. The molecule has 1 saturated carbocycles. The molecule has 0 spiro atoms. The number of hydrogen-bond acceptors (Lipinski definition) is 2. The Hall–Kier alpha value is -0.960. The van der Waals surface area contributed by atoms with Gasteiger partial charge in [-0.2, -0.15) is 0 Å². The maximum absolute atomic E-state index is 12.1. The second kappa shape index (κ2) is 6.04. The molecule has 0 aliphatic heterocycles. The van der Waals surface area contributed by atoms with Gasteiger partial charge in [-0.15, -0.1) is 11.8 Å². The minimum Gasteiger partial charge on any atom is -0.353 e. The molecule has 2 aliphatic carbocycles. The predicted molar refractivity (Wildman–Crippen MR) is 88.8 cm³/mol. The van der Waals surface area contributed by atoms with Gasteiger partial charge < -0.3 is 5.32 Å². The van der Waals surface area contributed by atoms with Crippen molar-refractivity contribution in [3.05, 3.63) is 29.3 Å². The van der Waals surface area contributed by atoms with Crippen LogP contribution < -0.4 is 5.32 Å². The first-order valence-corrected chi connectivity index (χ1v) is 9.04. The normalized spacial score (nSPS) is 23.0. The molecule has 1 unspecified atom stereocenters. The van der Waals surface area contributed by atoms with Crippen LogP contribution in [0.25, 0.3) is 0 Å². The Balaban J connectivity index is 1.48. The molecule has 114 valence electrons. The van der Waals surface area contributed by atoms with Gasteiger partial charge in [-0.05, 0) is 67.2 Å². The summed E-state index contributed by atoms with van der Waals surface area (Å²) in [6.45, 7) is 4.58. The van der Waals surface area contributed by atoms with Crippen molar-refractivity contribution in [2.24, 2.45) is 5.41 Å². The first kappa shape index (κ1) is 15.0. The Morgan fingerprint density at radius 2 is 2.14 bits per heavy atom. The number of carbonyl (C=O) groups is 1. The molecule has 21 heavy (non-hydrogen) atoms. The Labute approximate surface area is 132 Å². The molecule has 0 aromatic heterocycles. The van der Waals surface area contributed by atoms with Crippen LogP contribution in [-0.4, -0.2) is 17.7 Å². The predicted octanol–water partition coefficient (Wildman–Crippen LogP) is 3.96. The van der Waals surface area contributed by atoms with Crippen molar-refractivity contribution in [1.29, 1.82) is 0 Å². The number of amides is 1. The molecule has 3 heteroatoms. The first-order chi connectivity index (χ1) is 10.0. The topological polar surface area (TPSA) is 29.1 Å². The second-order valence-electron chi connectivity index (χ2n) is 7.24. The lowest BCUT2D eigenvalue weighted by atomic mass is 9.92. The third-order valence-corrected chi connectivity index (χ3v) is 5.77. The van der Waals surface area contributed by atoms with E-state index in [4.69, 9.17) is 0 Å². The van der Waals surface area contributed by atoms with E-state index in [-0.39, 0.29) is 5.91 Å². The fourth-order valence-corrected chi connectivity index (χ4v) is 4.39. The highest BCUT2D eigenvalue weighted by Crippen LogP contribution is 2.37. The number of hydrogen-bond donors (Lipinski definition) is 1. The Morgan fingerprint density at radius 1 is 1.33 bits per heavy atom. The summed E-state index contributed by atoms with van der Waals surface area (Å²) in [6, 6.07) is 7.06. The summed E-state index contributed by atoms with van der Waals surface area (Å²) in [4.78, 5) is 13.3. The van der Waals surface area contributed by atoms with E-state index in [0.717, 1.165) is 12.8 Å². The summed E-state index contributed by atoms with van der Waals surface area (Å²) in [6.07, 6.45) is 7.16. The van der Waals surface area contributed by atoms with Gasteiger partial charge in [-0.25, -0.2) is 0 Å². The summed E-state index contributed by atoms with van der Waals surface area (Å²) in [5, 5.41) is 3.20. The SMILES string of the molecule is CC1(C)CCC(NC(=O)CSc2ccc3c(c2)CCC3)C1. The van der Waals surface area contributed by atoms with E-state index in [2.05, 4.69) is 37.4 Å². The molecule has 0 heterocycles. The van der Waals surface area contributed by atoms with Crippen LogP contribution in [-0.2, 0) is 17.6 Å². The van der Waals surface area contributed by atoms with E-state index in [1.807, 2.05) is 0 Å². The highest BCUT2D eigenvalue weighted by atomic mass is 32.2. The zero-order valence-corrected chi connectivity index (χ0v) is 13.9. The van der Waals surface area contributed by atoms with E-state index in [0.29, 0.717) is 17.2 Å². The van der Waals surface area contributed by atoms with Gasteiger partial charge in [0.25, 0.3) is 0 Å². The third-order valence-electron chi connectivity index (χ3n) is 4.77. The van der Waals surface area contributed by atoms with E-state index < -0.39 is 0 Å². The molecule has 1 aromatic rings. The van der Waals surface area contributed by atoms with Gasteiger partial charge in [0.15, 0.2) is 0 Å². The van der Waals surface area contributed by atoms with Gasteiger partial charge in [0.2, 0.25) is 5.91 Å². The molecular formula is C18H25NOS. The molecule has 2 aliphatic rings. The summed E-state index contributed by atoms with van der Waals surface area (Å²) < 4.78 is 0.